The zero-order chi connectivity index (χ0) is 16.8. The number of carboxylic acid groups (broad SMARTS) is 1. The van der Waals surface area contributed by atoms with E-state index >= 15 is 0 Å². The van der Waals surface area contributed by atoms with Crippen LogP contribution in [0.5, 0.6) is 0 Å². The highest BCUT2D eigenvalue weighted by molar-refractivity contribution is 5.92. The van der Waals surface area contributed by atoms with Gasteiger partial charge < -0.3 is 24.9 Å². The molecule has 2 atom stereocenters. The van der Waals surface area contributed by atoms with E-state index in [0.717, 1.165) is 5.56 Å². The van der Waals surface area contributed by atoms with E-state index in [9.17, 15) is 14.4 Å². The lowest BCUT2D eigenvalue weighted by molar-refractivity contribution is -0.151. The topological polar surface area (TPSA) is 118 Å². The van der Waals surface area contributed by atoms with Crippen LogP contribution in [0.1, 0.15) is 35.4 Å². The minimum absolute atomic E-state index is 0.285. The van der Waals surface area contributed by atoms with Crippen LogP contribution in [0.4, 0.5) is 0 Å². The van der Waals surface area contributed by atoms with E-state index in [2.05, 4.69) is 10.6 Å². The van der Waals surface area contributed by atoms with Gasteiger partial charge in [-0.15, -0.1) is 0 Å². The summed E-state index contributed by atoms with van der Waals surface area (Å²) < 4.78 is 10.2. The maximum Gasteiger partial charge on any atom is 0.332 e. The van der Waals surface area contributed by atoms with Gasteiger partial charge in [0.2, 0.25) is 5.91 Å². The molecule has 0 aromatic carbocycles. The first-order valence-electron chi connectivity index (χ1n) is 7.47. The third kappa shape index (κ3) is 4.56. The standard InChI is InChI=1S/C15H20N2O6/c1-9-5-8-22-12(9)14(19)17-7-2-6-16-13(18)10-3-4-11(23-10)15(20)21/h5,8,10-11H,2-4,6-7H2,1H3,(H,16,18)(H,17,19)(H,20,21)/t10-,11+/m0/s1. The Bertz CT molecular complexity index is 582. The summed E-state index contributed by atoms with van der Waals surface area (Å²) in [6.45, 7) is 2.54. The third-order valence-corrected chi connectivity index (χ3v) is 3.59. The first kappa shape index (κ1) is 17.0. The van der Waals surface area contributed by atoms with Gasteiger partial charge in [0.15, 0.2) is 11.9 Å². The molecule has 8 nitrogen and oxygen atoms in total. The average molecular weight is 324 g/mol. The second-order valence-electron chi connectivity index (χ2n) is 5.36. The highest BCUT2D eigenvalue weighted by Crippen LogP contribution is 2.19. The van der Waals surface area contributed by atoms with Crippen LogP contribution in [0.15, 0.2) is 16.7 Å². The van der Waals surface area contributed by atoms with Crippen molar-refractivity contribution in [2.75, 3.05) is 13.1 Å². The number of carbonyl (C=O) groups is 3. The fourth-order valence-electron chi connectivity index (χ4n) is 2.31. The van der Waals surface area contributed by atoms with Gasteiger partial charge in [-0.25, -0.2) is 4.79 Å². The number of aliphatic carboxylic acids is 1. The molecule has 0 spiro atoms. The van der Waals surface area contributed by atoms with Crippen LogP contribution in [-0.4, -0.2) is 48.2 Å². The zero-order valence-corrected chi connectivity index (χ0v) is 12.8. The van der Waals surface area contributed by atoms with Crippen molar-refractivity contribution in [3.05, 3.63) is 23.7 Å². The summed E-state index contributed by atoms with van der Waals surface area (Å²) in [6, 6.07) is 1.71. The van der Waals surface area contributed by atoms with E-state index in [1.54, 1.807) is 13.0 Å². The molecule has 3 N–H and O–H groups in total. The van der Waals surface area contributed by atoms with Crippen LogP contribution in [0, 0.1) is 6.92 Å². The maximum absolute atomic E-state index is 11.8. The second kappa shape index (κ2) is 7.77. The molecule has 1 saturated heterocycles. The Morgan fingerprint density at radius 3 is 2.52 bits per heavy atom. The number of carbonyl (C=O) groups excluding carboxylic acids is 2. The van der Waals surface area contributed by atoms with Gasteiger partial charge >= 0.3 is 5.97 Å². The van der Waals surface area contributed by atoms with Gasteiger partial charge in [-0.2, -0.15) is 0 Å². The lowest BCUT2D eigenvalue weighted by Gasteiger charge is -2.11. The summed E-state index contributed by atoms with van der Waals surface area (Å²) in [7, 11) is 0. The molecule has 1 aliphatic rings. The van der Waals surface area contributed by atoms with Crippen molar-refractivity contribution in [2.24, 2.45) is 0 Å². The molecule has 1 aromatic rings. The van der Waals surface area contributed by atoms with Gasteiger partial charge in [0, 0.05) is 18.7 Å². The smallest absolute Gasteiger partial charge is 0.332 e. The quantitative estimate of drug-likeness (QED) is 0.627. The number of aryl methyl sites for hydroxylation is 1. The van der Waals surface area contributed by atoms with Gasteiger partial charge in [0.05, 0.1) is 6.26 Å². The Hall–Kier alpha value is -2.35. The SMILES string of the molecule is Cc1ccoc1C(=O)NCCCNC(=O)[C@@H]1CC[C@H](C(=O)O)O1. The van der Waals surface area contributed by atoms with Crippen LogP contribution in [0.25, 0.3) is 0 Å². The Morgan fingerprint density at radius 1 is 1.22 bits per heavy atom. The fraction of sp³-hybridized carbons (Fsp3) is 0.533. The molecular weight excluding hydrogens is 304 g/mol. The molecule has 0 saturated carbocycles. The van der Waals surface area contributed by atoms with E-state index in [4.69, 9.17) is 14.3 Å². The summed E-state index contributed by atoms with van der Waals surface area (Å²) >= 11 is 0. The molecule has 8 heteroatoms. The largest absolute Gasteiger partial charge is 0.479 e. The molecule has 1 fully saturated rings. The zero-order valence-electron chi connectivity index (χ0n) is 12.8. The Labute approximate surface area is 133 Å². The molecule has 1 aromatic heterocycles. The predicted molar refractivity (Wildman–Crippen MR) is 78.9 cm³/mol. The van der Waals surface area contributed by atoms with Gasteiger partial charge in [-0.3, -0.25) is 9.59 Å². The molecular formula is C15H20N2O6. The molecule has 2 amide bonds. The number of ether oxygens (including phenoxy) is 1. The van der Waals surface area contributed by atoms with Crippen LogP contribution in [0.3, 0.4) is 0 Å². The lowest BCUT2D eigenvalue weighted by Crippen LogP contribution is -2.37. The van der Waals surface area contributed by atoms with Crippen molar-refractivity contribution in [3.8, 4) is 0 Å². The van der Waals surface area contributed by atoms with Crippen LogP contribution in [-0.2, 0) is 14.3 Å². The molecule has 0 aliphatic carbocycles. The number of rotatable bonds is 7. The number of carboxylic acids is 1. The average Bonchev–Trinajstić information content (AvgIpc) is 3.15. The van der Waals surface area contributed by atoms with E-state index in [-0.39, 0.29) is 17.6 Å². The van der Waals surface area contributed by atoms with Crippen molar-refractivity contribution in [1.82, 2.24) is 10.6 Å². The Morgan fingerprint density at radius 2 is 1.91 bits per heavy atom. The third-order valence-electron chi connectivity index (χ3n) is 3.59. The number of nitrogens with one attached hydrogen (secondary N) is 2. The van der Waals surface area contributed by atoms with Crippen LogP contribution < -0.4 is 10.6 Å². The Balaban J connectivity index is 1.61. The molecule has 126 valence electrons. The Kier molecular flexibility index (Phi) is 5.75. The first-order valence-corrected chi connectivity index (χ1v) is 7.47. The van der Waals surface area contributed by atoms with Gasteiger partial charge in [0.25, 0.3) is 5.91 Å². The van der Waals surface area contributed by atoms with E-state index < -0.39 is 18.2 Å². The number of amides is 2. The van der Waals surface area contributed by atoms with Gasteiger partial charge in [-0.05, 0) is 32.3 Å². The van der Waals surface area contributed by atoms with Crippen LogP contribution >= 0.6 is 0 Å². The highest BCUT2D eigenvalue weighted by atomic mass is 16.5. The summed E-state index contributed by atoms with van der Waals surface area (Å²) in [4.78, 5) is 34.3. The first-order chi connectivity index (χ1) is 11.0. The minimum atomic E-state index is -1.05. The second-order valence-corrected chi connectivity index (χ2v) is 5.36. The molecule has 2 heterocycles. The molecule has 0 unspecified atom stereocenters. The molecule has 23 heavy (non-hydrogen) atoms. The van der Waals surface area contributed by atoms with Crippen molar-refractivity contribution < 1.29 is 28.6 Å². The molecule has 2 rings (SSSR count). The van der Waals surface area contributed by atoms with Crippen molar-refractivity contribution in [1.29, 1.82) is 0 Å². The number of hydrogen-bond acceptors (Lipinski definition) is 5. The number of hydrogen-bond donors (Lipinski definition) is 3. The predicted octanol–water partition coefficient (Wildman–Crippen LogP) is 0.456. The molecule has 0 radical (unpaired) electrons. The molecule has 0 bridgehead atoms. The monoisotopic (exact) mass is 324 g/mol. The minimum Gasteiger partial charge on any atom is -0.479 e. The normalized spacial score (nSPS) is 20.2. The summed E-state index contributed by atoms with van der Waals surface area (Å²) in [5.74, 6) is -1.37. The van der Waals surface area contributed by atoms with Crippen molar-refractivity contribution in [3.63, 3.8) is 0 Å². The van der Waals surface area contributed by atoms with E-state index in [1.165, 1.54) is 6.26 Å². The van der Waals surface area contributed by atoms with E-state index in [0.29, 0.717) is 32.4 Å². The lowest BCUT2D eigenvalue weighted by atomic mass is 10.2. The van der Waals surface area contributed by atoms with E-state index in [1.807, 2.05) is 0 Å². The van der Waals surface area contributed by atoms with Gasteiger partial charge in [-0.1, -0.05) is 0 Å². The van der Waals surface area contributed by atoms with Crippen LogP contribution in [0.2, 0.25) is 0 Å². The fourth-order valence-corrected chi connectivity index (χ4v) is 2.31. The summed E-state index contributed by atoms with van der Waals surface area (Å²) in [5, 5.41) is 14.2. The van der Waals surface area contributed by atoms with Gasteiger partial charge in [0.1, 0.15) is 6.10 Å². The van der Waals surface area contributed by atoms with Crippen molar-refractivity contribution >= 4 is 17.8 Å². The van der Waals surface area contributed by atoms with Crippen molar-refractivity contribution in [2.45, 2.75) is 38.4 Å². The highest BCUT2D eigenvalue weighted by Gasteiger charge is 2.34. The maximum atomic E-state index is 11.8. The summed E-state index contributed by atoms with van der Waals surface area (Å²) in [5.41, 5.74) is 0.766. The molecule has 1 aliphatic heterocycles. The number of furan rings is 1. The summed E-state index contributed by atoms with van der Waals surface area (Å²) in [6.07, 6.45) is 1.13.